The average molecular weight is 145 g/mol. The van der Waals surface area contributed by atoms with Gasteiger partial charge in [-0.3, -0.25) is 0 Å². The van der Waals surface area contributed by atoms with Crippen LogP contribution in [0.25, 0.3) is 0 Å². The van der Waals surface area contributed by atoms with Gasteiger partial charge in [-0.15, -0.1) is 0 Å². The number of nitrogens with zero attached hydrogens (tertiary/aromatic N) is 1. The molecule has 0 unspecified atom stereocenters. The maximum absolute atomic E-state index is 9.13. The van der Waals surface area contributed by atoms with Crippen molar-refractivity contribution >= 4 is 12.4 Å². The van der Waals surface area contributed by atoms with E-state index in [2.05, 4.69) is 0 Å². The van der Waals surface area contributed by atoms with E-state index >= 15 is 0 Å². The topological polar surface area (TPSA) is 44.0 Å². The smallest absolute Gasteiger partial charge is 0.320 e. The monoisotopic (exact) mass is 145 g/mol. The van der Waals surface area contributed by atoms with Crippen LogP contribution in [0.2, 0.25) is 6.82 Å². The molecule has 3 heteroatoms. The van der Waals surface area contributed by atoms with Gasteiger partial charge in [-0.05, 0) is 17.6 Å². The van der Waals surface area contributed by atoms with Crippen molar-refractivity contribution in [2.45, 2.75) is 6.82 Å². The molecule has 1 N–H and O–H groups in total. The van der Waals surface area contributed by atoms with E-state index in [0.717, 1.165) is 5.46 Å². The molecule has 2 nitrogen and oxygen atoms in total. The lowest BCUT2D eigenvalue weighted by atomic mass is 9.64. The van der Waals surface area contributed by atoms with Gasteiger partial charge < -0.3 is 5.02 Å². The molecule has 0 fully saturated rings. The first-order chi connectivity index (χ1) is 5.24. The maximum atomic E-state index is 9.13. The third-order valence-corrected chi connectivity index (χ3v) is 1.50. The van der Waals surface area contributed by atoms with Crippen LogP contribution in [0.5, 0.6) is 0 Å². The Morgan fingerprint density at radius 2 is 2.27 bits per heavy atom. The van der Waals surface area contributed by atoms with E-state index in [1.165, 1.54) is 0 Å². The zero-order valence-electron chi connectivity index (χ0n) is 6.28. The molecule has 0 bridgehead atoms. The first kappa shape index (κ1) is 7.84. The van der Waals surface area contributed by atoms with Crippen molar-refractivity contribution in [1.29, 1.82) is 5.26 Å². The van der Waals surface area contributed by atoms with Gasteiger partial charge in [-0.1, -0.05) is 19.0 Å². The van der Waals surface area contributed by atoms with Gasteiger partial charge in [0.25, 0.3) is 0 Å². The minimum Gasteiger partial charge on any atom is -0.447 e. The van der Waals surface area contributed by atoms with Gasteiger partial charge in [-0.25, -0.2) is 0 Å². The Balaban J connectivity index is 3.03. The number of hydrogen-bond acceptors (Lipinski definition) is 2. The summed E-state index contributed by atoms with van der Waals surface area (Å²) in [4.78, 5) is 0. The fourth-order valence-electron chi connectivity index (χ4n) is 0.868. The van der Waals surface area contributed by atoms with Gasteiger partial charge >= 0.3 is 6.92 Å². The second-order valence-electron chi connectivity index (χ2n) is 2.41. The Bertz CT molecular complexity index is 290. The van der Waals surface area contributed by atoms with Crippen LogP contribution in [-0.4, -0.2) is 11.9 Å². The first-order valence-electron chi connectivity index (χ1n) is 3.42. The van der Waals surface area contributed by atoms with Crippen molar-refractivity contribution in [3.05, 3.63) is 29.8 Å². The highest BCUT2D eigenvalue weighted by Gasteiger charge is 2.05. The van der Waals surface area contributed by atoms with Crippen molar-refractivity contribution < 1.29 is 5.02 Å². The van der Waals surface area contributed by atoms with Crippen molar-refractivity contribution in [2.24, 2.45) is 0 Å². The molecule has 0 aliphatic heterocycles. The minimum absolute atomic E-state index is 0.497. The third kappa shape index (κ3) is 1.82. The van der Waals surface area contributed by atoms with E-state index in [9.17, 15) is 0 Å². The first-order valence-corrected chi connectivity index (χ1v) is 3.42. The molecule has 0 aliphatic carbocycles. The summed E-state index contributed by atoms with van der Waals surface area (Å²) in [7, 11) is 0. The lowest BCUT2D eigenvalue weighted by Crippen LogP contribution is -2.25. The molecule has 0 atom stereocenters. The van der Waals surface area contributed by atoms with Gasteiger partial charge in [0.15, 0.2) is 0 Å². The third-order valence-electron chi connectivity index (χ3n) is 1.50. The molecular weight excluding hydrogens is 137 g/mol. The van der Waals surface area contributed by atoms with Crippen LogP contribution >= 0.6 is 0 Å². The molecule has 11 heavy (non-hydrogen) atoms. The van der Waals surface area contributed by atoms with E-state index in [1.54, 1.807) is 31.1 Å². The van der Waals surface area contributed by atoms with Gasteiger partial charge in [0, 0.05) is 0 Å². The van der Waals surface area contributed by atoms with Crippen LogP contribution in [0.15, 0.2) is 24.3 Å². The minimum atomic E-state index is -0.497. The van der Waals surface area contributed by atoms with E-state index < -0.39 is 6.92 Å². The van der Waals surface area contributed by atoms with E-state index in [-0.39, 0.29) is 0 Å². The molecule has 1 aromatic carbocycles. The summed E-state index contributed by atoms with van der Waals surface area (Å²) in [6, 6.07) is 8.97. The van der Waals surface area contributed by atoms with Crippen molar-refractivity contribution in [3.8, 4) is 6.07 Å². The van der Waals surface area contributed by atoms with Gasteiger partial charge in [0.2, 0.25) is 0 Å². The molecule has 0 aliphatic rings. The summed E-state index contributed by atoms with van der Waals surface area (Å²) < 4.78 is 0. The van der Waals surface area contributed by atoms with Gasteiger partial charge in [0.05, 0.1) is 11.6 Å². The Labute approximate surface area is 66.2 Å². The molecule has 1 rings (SSSR count). The molecule has 0 aromatic heterocycles. The highest BCUT2D eigenvalue weighted by atomic mass is 16.2. The maximum Gasteiger partial charge on any atom is 0.320 e. The van der Waals surface area contributed by atoms with Crippen LogP contribution in [0.1, 0.15) is 5.56 Å². The van der Waals surface area contributed by atoms with Crippen LogP contribution in [0, 0.1) is 11.3 Å². The normalized spacial score (nSPS) is 8.82. The lowest BCUT2D eigenvalue weighted by molar-refractivity contribution is 0.594. The number of hydrogen-bond donors (Lipinski definition) is 1. The van der Waals surface area contributed by atoms with E-state index in [1.807, 2.05) is 6.07 Å². The molecule has 0 heterocycles. The Morgan fingerprint density at radius 3 is 2.82 bits per heavy atom. The number of benzene rings is 1. The molecule has 0 saturated carbocycles. The van der Waals surface area contributed by atoms with Crippen molar-refractivity contribution in [2.75, 3.05) is 0 Å². The Hall–Kier alpha value is -1.27. The summed E-state index contributed by atoms with van der Waals surface area (Å²) in [6.45, 7) is 1.18. The quantitative estimate of drug-likeness (QED) is 0.580. The fourth-order valence-corrected chi connectivity index (χ4v) is 0.868. The second kappa shape index (κ2) is 3.22. The Morgan fingerprint density at radius 1 is 1.55 bits per heavy atom. The van der Waals surface area contributed by atoms with E-state index in [4.69, 9.17) is 10.3 Å². The average Bonchev–Trinajstić information content (AvgIpc) is 2.05. The molecule has 0 saturated heterocycles. The summed E-state index contributed by atoms with van der Waals surface area (Å²) in [5.74, 6) is 0. The highest BCUT2D eigenvalue weighted by Crippen LogP contribution is 1.94. The highest BCUT2D eigenvalue weighted by molar-refractivity contribution is 6.64. The van der Waals surface area contributed by atoms with Crippen LogP contribution < -0.4 is 5.46 Å². The lowest BCUT2D eigenvalue weighted by Gasteiger charge is -1.98. The summed E-state index contributed by atoms with van der Waals surface area (Å²) >= 11 is 0. The molecule has 54 valence electrons. The standard InChI is InChI=1S/C8H8BNO/c1-9(11)8-4-2-3-7(5-8)6-10/h2-5,11H,1H3. The molecule has 0 amide bonds. The number of rotatable bonds is 1. The summed E-state index contributed by atoms with van der Waals surface area (Å²) in [6.07, 6.45) is 0. The summed E-state index contributed by atoms with van der Waals surface area (Å²) in [5, 5.41) is 17.6. The van der Waals surface area contributed by atoms with Gasteiger partial charge in [-0.2, -0.15) is 5.26 Å². The predicted octanol–water partition coefficient (Wildman–Crippen LogP) is 0.379. The van der Waals surface area contributed by atoms with Crippen LogP contribution in [0.4, 0.5) is 0 Å². The molecule has 0 radical (unpaired) electrons. The van der Waals surface area contributed by atoms with Crippen LogP contribution in [-0.2, 0) is 0 Å². The van der Waals surface area contributed by atoms with Gasteiger partial charge in [0.1, 0.15) is 0 Å². The SMILES string of the molecule is CB(O)c1cccc(C#N)c1. The largest absolute Gasteiger partial charge is 0.447 e. The number of nitriles is 1. The van der Waals surface area contributed by atoms with E-state index in [0.29, 0.717) is 5.56 Å². The Kier molecular flexibility index (Phi) is 2.30. The zero-order valence-corrected chi connectivity index (χ0v) is 6.28. The van der Waals surface area contributed by atoms with Crippen molar-refractivity contribution in [1.82, 2.24) is 0 Å². The fraction of sp³-hybridized carbons (Fsp3) is 0.125. The zero-order chi connectivity index (χ0) is 8.27. The predicted molar refractivity (Wildman–Crippen MR) is 44.6 cm³/mol. The second-order valence-corrected chi connectivity index (χ2v) is 2.41. The molecular formula is C8H8BNO. The van der Waals surface area contributed by atoms with Crippen LogP contribution in [0.3, 0.4) is 0 Å². The molecule has 1 aromatic rings. The summed E-state index contributed by atoms with van der Waals surface area (Å²) in [5.41, 5.74) is 1.37. The molecule has 0 spiro atoms. The van der Waals surface area contributed by atoms with Crippen molar-refractivity contribution in [3.63, 3.8) is 0 Å².